The molecule has 144 valence electrons. The first-order valence-corrected chi connectivity index (χ1v) is 10.4. The van der Waals surface area contributed by atoms with Gasteiger partial charge in [-0.25, -0.2) is 0 Å². The van der Waals surface area contributed by atoms with E-state index < -0.39 is 0 Å². The normalized spacial score (nSPS) is 38.6. The van der Waals surface area contributed by atoms with Crippen molar-refractivity contribution in [1.29, 1.82) is 0 Å². The fraction of sp³-hybridized carbons (Fsp3) is 0.739. The Morgan fingerprint density at radius 3 is 2.73 bits per heavy atom. The van der Waals surface area contributed by atoms with Crippen molar-refractivity contribution in [3.63, 3.8) is 0 Å². The van der Waals surface area contributed by atoms with Gasteiger partial charge in [0, 0.05) is 0 Å². The second kappa shape index (κ2) is 6.44. The van der Waals surface area contributed by atoms with Gasteiger partial charge in [0.1, 0.15) is 0 Å². The molecule has 2 saturated carbocycles. The highest BCUT2D eigenvalue weighted by atomic mass is 16.5. The second-order valence-corrected chi connectivity index (χ2v) is 9.75. The van der Waals surface area contributed by atoms with Crippen molar-refractivity contribution in [2.24, 2.45) is 29.1 Å². The maximum atomic E-state index is 11.1. The molecule has 3 heteroatoms. The van der Waals surface area contributed by atoms with Crippen molar-refractivity contribution in [2.75, 3.05) is 7.11 Å². The molecule has 3 aliphatic carbocycles. The van der Waals surface area contributed by atoms with Crippen LogP contribution in [0.4, 0.5) is 0 Å². The molecule has 3 nitrogen and oxygen atoms in total. The molecule has 0 radical (unpaired) electrons. The summed E-state index contributed by atoms with van der Waals surface area (Å²) in [5, 5.41) is 21.3. The van der Waals surface area contributed by atoms with Crippen molar-refractivity contribution in [3.05, 3.63) is 23.3 Å². The average Bonchev–Trinajstić information content (AvgIpc) is 2.85. The van der Waals surface area contributed by atoms with Gasteiger partial charge in [-0.05, 0) is 96.8 Å². The van der Waals surface area contributed by atoms with E-state index in [2.05, 4.69) is 26.8 Å². The third-order valence-corrected chi connectivity index (χ3v) is 7.91. The summed E-state index contributed by atoms with van der Waals surface area (Å²) < 4.78 is 5.39. The molecule has 0 amide bonds. The number of hydrogen-bond donors (Lipinski definition) is 2. The van der Waals surface area contributed by atoms with Gasteiger partial charge in [0.05, 0.1) is 13.2 Å². The Labute approximate surface area is 157 Å². The number of fused-ring (bicyclic) bond motifs is 5. The molecule has 0 heterocycles. The van der Waals surface area contributed by atoms with Crippen LogP contribution in [-0.4, -0.2) is 23.4 Å². The van der Waals surface area contributed by atoms with Crippen LogP contribution in [0, 0.1) is 29.1 Å². The molecule has 6 atom stereocenters. The lowest BCUT2D eigenvalue weighted by atomic mass is 9.55. The van der Waals surface area contributed by atoms with Crippen LogP contribution < -0.4 is 4.74 Å². The van der Waals surface area contributed by atoms with Crippen LogP contribution in [0.3, 0.4) is 0 Å². The van der Waals surface area contributed by atoms with Crippen LogP contribution >= 0.6 is 0 Å². The monoisotopic (exact) mass is 358 g/mol. The predicted molar refractivity (Wildman–Crippen MR) is 104 cm³/mol. The van der Waals surface area contributed by atoms with Crippen molar-refractivity contribution in [2.45, 2.75) is 71.3 Å². The van der Waals surface area contributed by atoms with Gasteiger partial charge in [-0.3, -0.25) is 0 Å². The highest BCUT2D eigenvalue weighted by molar-refractivity contribution is 5.49. The Morgan fingerprint density at radius 2 is 2.04 bits per heavy atom. The maximum absolute atomic E-state index is 11.1. The molecular formula is C23H34O3. The number of aryl methyl sites for hydroxylation is 1. The zero-order valence-corrected chi connectivity index (χ0v) is 16.7. The van der Waals surface area contributed by atoms with Crippen LogP contribution in [0.5, 0.6) is 11.5 Å². The largest absolute Gasteiger partial charge is 0.504 e. The topological polar surface area (TPSA) is 49.7 Å². The zero-order valence-electron chi connectivity index (χ0n) is 16.7. The SMILES string of the molecule is COc1cc2c(cc1O)CC[C@@H]1[C@@H]2CC[C@]2(C)[C@H](O)C(CC(C)C)C[C@@H]12. The standard InChI is InChI=1S/C23H34O3/c1-13(2)9-15-10-19-17-6-5-14-11-20(24)21(26-4)12-18(14)16(17)7-8-23(19,3)22(15)25/h11-13,15-17,19,22,24-25H,5-10H2,1-4H3/t15?,16-,17+,19-,22+,23-/m0/s1. The molecule has 0 saturated heterocycles. The highest BCUT2D eigenvalue weighted by Gasteiger charge is 2.57. The van der Waals surface area contributed by atoms with Gasteiger partial charge < -0.3 is 14.9 Å². The number of aromatic hydroxyl groups is 1. The average molecular weight is 359 g/mol. The predicted octanol–water partition coefficient (Wildman–Crippen LogP) is 4.89. The van der Waals surface area contributed by atoms with Gasteiger partial charge in [0.2, 0.25) is 0 Å². The van der Waals surface area contributed by atoms with Crippen LogP contribution in [0.25, 0.3) is 0 Å². The Kier molecular flexibility index (Phi) is 4.50. The molecule has 0 bridgehead atoms. The zero-order chi connectivity index (χ0) is 18.6. The lowest BCUT2D eigenvalue weighted by molar-refractivity contribution is -0.0344. The molecule has 0 aromatic heterocycles. The van der Waals surface area contributed by atoms with Crippen LogP contribution in [0.2, 0.25) is 0 Å². The van der Waals surface area contributed by atoms with E-state index in [1.165, 1.54) is 24.0 Å². The van der Waals surface area contributed by atoms with E-state index in [-0.39, 0.29) is 17.3 Å². The molecule has 0 spiro atoms. The van der Waals surface area contributed by atoms with Gasteiger partial charge in [-0.15, -0.1) is 0 Å². The van der Waals surface area contributed by atoms with Gasteiger partial charge in [-0.1, -0.05) is 20.8 Å². The fourth-order valence-corrected chi connectivity index (χ4v) is 6.73. The van der Waals surface area contributed by atoms with Crippen molar-refractivity contribution in [3.8, 4) is 11.5 Å². The smallest absolute Gasteiger partial charge is 0.160 e. The molecule has 1 unspecified atom stereocenters. The first-order chi connectivity index (χ1) is 12.3. The van der Waals surface area contributed by atoms with Crippen LogP contribution in [0.15, 0.2) is 12.1 Å². The van der Waals surface area contributed by atoms with Gasteiger partial charge in [0.15, 0.2) is 11.5 Å². The number of aliphatic hydroxyl groups excluding tert-OH is 1. The molecule has 2 N–H and O–H groups in total. The Bertz CT molecular complexity index is 682. The Balaban J connectivity index is 1.66. The Hall–Kier alpha value is -1.22. The van der Waals surface area contributed by atoms with E-state index in [0.717, 1.165) is 25.7 Å². The third kappa shape index (κ3) is 2.66. The van der Waals surface area contributed by atoms with Crippen molar-refractivity contribution in [1.82, 2.24) is 0 Å². The number of ether oxygens (including phenoxy) is 1. The minimum atomic E-state index is -0.147. The summed E-state index contributed by atoms with van der Waals surface area (Å²) in [6, 6.07) is 4.00. The number of rotatable bonds is 3. The minimum Gasteiger partial charge on any atom is -0.504 e. The molecule has 3 aliphatic rings. The lowest BCUT2D eigenvalue weighted by Gasteiger charge is -2.50. The summed E-state index contributed by atoms with van der Waals surface area (Å²) in [5.74, 6) is 3.79. The highest BCUT2D eigenvalue weighted by Crippen LogP contribution is 2.63. The lowest BCUT2D eigenvalue weighted by Crippen LogP contribution is -2.44. The summed E-state index contributed by atoms with van der Waals surface area (Å²) in [6.07, 6.45) is 6.65. The van der Waals surface area contributed by atoms with E-state index in [1.807, 2.05) is 6.07 Å². The summed E-state index contributed by atoms with van der Waals surface area (Å²) in [4.78, 5) is 0. The van der Waals surface area contributed by atoms with E-state index in [4.69, 9.17) is 4.74 Å². The third-order valence-electron chi connectivity index (χ3n) is 7.91. The van der Waals surface area contributed by atoms with E-state index in [1.54, 1.807) is 7.11 Å². The molecule has 26 heavy (non-hydrogen) atoms. The number of phenolic OH excluding ortho intramolecular Hbond substituents is 1. The fourth-order valence-electron chi connectivity index (χ4n) is 6.73. The molecular weight excluding hydrogens is 324 g/mol. The maximum Gasteiger partial charge on any atom is 0.160 e. The summed E-state index contributed by atoms with van der Waals surface area (Å²) in [5.41, 5.74) is 2.77. The first-order valence-electron chi connectivity index (χ1n) is 10.4. The summed E-state index contributed by atoms with van der Waals surface area (Å²) >= 11 is 0. The number of aliphatic hydroxyl groups is 1. The van der Waals surface area contributed by atoms with Gasteiger partial charge >= 0.3 is 0 Å². The Morgan fingerprint density at radius 1 is 1.27 bits per heavy atom. The molecule has 1 aromatic rings. The van der Waals surface area contributed by atoms with E-state index >= 15 is 0 Å². The molecule has 2 fully saturated rings. The first kappa shape index (κ1) is 18.2. The van der Waals surface area contributed by atoms with E-state index in [0.29, 0.717) is 35.3 Å². The van der Waals surface area contributed by atoms with Gasteiger partial charge in [0.25, 0.3) is 0 Å². The number of methoxy groups -OCH3 is 1. The van der Waals surface area contributed by atoms with Crippen LogP contribution in [-0.2, 0) is 6.42 Å². The number of phenols is 1. The number of hydrogen-bond acceptors (Lipinski definition) is 3. The second-order valence-electron chi connectivity index (χ2n) is 9.75. The molecule has 1 aromatic carbocycles. The summed E-state index contributed by atoms with van der Waals surface area (Å²) in [6.45, 7) is 6.90. The van der Waals surface area contributed by atoms with Crippen molar-refractivity contribution >= 4 is 0 Å². The van der Waals surface area contributed by atoms with Crippen LogP contribution in [0.1, 0.15) is 69.9 Å². The minimum absolute atomic E-state index is 0.0826. The van der Waals surface area contributed by atoms with Crippen molar-refractivity contribution < 1.29 is 14.9 Å². The summed E-state index contributed by atoms with van der Waals surface area (Å²) in [7, 11) is 1.63. The number of benzene rings is 1. The van der Waals surface area contributed by atoms with E-state index in [9.17, 15) is 10.2 Å². The molecule has 0 aliphatic heterocycles. The quantitative estimate of drug-likeness (QED) is 0.809. The van der Waals surface area contributed by atoms with Gasteiger partial charge in [-0.2, -0.15) is 0 Å². The molecule has 4 rings (SSSR count).